The van der Waals surface area contributed by atoms with Gasteiger partial charge in [-0.3, -0.25) is 19.7 Å². The van der Waals surface area contributed by atoms with Crippen molar-refractivity contribution in [2.45, 2.75) is 6.42 Å². The van der Waals surface area contributed by atoms with E-state index in [-0.39, 0.29) is 12.1 Å². The molecule has 0 radical (unpaired) electrons. The van der Waals surface area contributed by atoms with Gasteiger partial charge in [-0.05, 0) is 5.56 Å². The van der Waals surface area contributed by atoms with E-state index in [4.69, 9.17) is 5.11 Å². The van der Waals surface area contributed by atoms with Gasteiger partial charge in [-0.15, -0.1) is 0 Å². The van der Waals surface area contributed by atoms with Crippen LogP contribution in [0.1, 0.15) is 5.56 Å². The molecule has 0 unspecified atom stereocenters. The van der Waals surface area contributed by atoms with Crippen molar-refractivity contribution in [3.63, 3.8) is 0 Å². The smallest absolute Gasteiger partial charge is 0.322 e. The second-order valence-electron chi connectivity index (χ2n) is 3.27. The molecule has 1 aromatic carbocycles. The molecule has 0 aromatic heterocycles. The quantitative estimate of drug-likeness (QED) is 0.567. The van der Waals surface area contributed by atoms with Crippen LogP contribution in [0.2, 0.25) is 0 Å². The fourth-order valence-electron chi connectivity index (χ4n) is 1.16. The minimum absolute atomic E-state index is 0.00866. The largest absolute Gasteiger partial charge is 0.480 e. The molecule has 0 saturated carbocycles. The van der Waals surface area contributed by atoms with E-state index in [1.165, 1.54) is 24.3 Å². The molecule has 0 saturated heterocycles. The highest BCUT2D eigenvalue weighted by atomic mass is 16.6. The Bertz CT molecular complexity index is 441. The lowest BCUT2D eigenvalue weighted by Gasteiger charge is -2.02. The van der Waals surface area contributed by atoms with Gasteiger partial charge in [-0.25, -0.2) is 0 Å². The second kappa shape index (κ2) is 5.59. The number of nitrogens with one attached hydrogen (secondary N) is 1. The van der Waals surface area contributed by atoms with Crippen molar-refractivity contribution in [2.75, 3.05) is 6.54 Å². The van der Waals surface area contributed by atoms with Gasteiger partial charge in [0.2, 0.25) is 5.91 Å². The van der Waals surface area contributed by atoms with Gasteiger partial charge in [0, 0.05) is 12.1 Å². The first-order valence-corrected chi connectivity index (χ1v) is 4.71. The number of nitrogens with zero attached hydrogens (tertiary/aromatic N) is 1. The topological polar surface area (TPSA) is 110 Å². The highest BCUT2D eigenvalue weighted by Crippen LogP contribution is 2.12. The molecule has 17 heavy (non-hydrogen) atoms. The first kappa shape index (κ1) is 12.6. The van der Waals surface area contributed by atoms with Gasteiger partial charge in [0.1, 0.15) is 6.54 Å². The fraction of sp³-hybridized carbons (Fsp3) is 0.200. The first-order chi connectivity index (χ1) is 7.99. The molecular formula is C10H10N2O5. The molecule has 0 aliphatic carbocycles. The number of carboxylic acids is 1. The molecule has 1 amide bonds. The fourth-order valence-corrected chi connectivity index (χ4v) is 1.16. The zero-order chi connectivity index (χ0) is 12.8. The summed E-state index contributed by atoms with van der Waals surface area (Å²) in [5.41, 5.74) is 0.526. The molecule has 2 N–H and O–H groups in total. The van der Waals surface area contributed by atoms with E-state index in [1.807, 2.05) is 0 Å². The monoisotopic (exact) mass is 238 g/mol. The van der Waals surface area contributed by atoms with Crippen molar-refractivity contribution in [1.82, 2.24) is 5.32 Å². The van der Waals surface area contributed by atoms with E-state index >= 15 is 0 Å². The van der Waals surface area contributed by atoms with Gasteiger partial charge in [0.25, 0.3) is 5.69 Å². The van der Waals surface area contributed by atoms with Crippen molar-refractivity contribution < 1.29 is 19.6 Å². The summed E-state index contributed by atoms with van der Waals surface area (Å²) in [4.78, 5) is 31.3. The molecule has 0 spiro atoms. The molecule has 0 bridgehead atoms. The van der Waals surface area contributed by atoms with Crippen molar-refractivity contribution in [3.8, 4) is 0 Å². The number of amides is 1. The van der Waals surface area contributed by atoms with Crippen LogP contribution in [0.5, 0.6) is 0 Å². The van der Waals surface area contributed by atoms with Gasteiger partial charge < -0.3 is 10.4 Å². The summed E-state index contributed by atoms with van der Waals surface area (Å²) in [5.74, 6) is -1.57. The van der Waals surface area contributed by atoms with E-state index in [1.54, 1.807) is 0 Å². The Balaban J connectivity index is 2.54. The number of carboxylic acid groups (broad SMARTS) is 1. The van der Waals surface area contributed by atoms with Crippen molar-refractivity contribution >= 4 is 17.6 Å². The normalized spacial score (nSPS) is 9.65. The van der Waals surface area contributed by atoms with Crippen LogP contribution in [0, 0.1) is 10.1 Å². The Morgan fingerprint density at radius 3 is 2.35 bits per heavy atom. The van der Waals surface area contributed by atoms with Crippen LogP contribution < -0.4 is 5.32 Å². The Labute approximate surface area is 96.2 Å². The number of carbonyl (C=O) groups excluding carboxylic acids is 1. The summed E-state index contributed by atoms with van der Waals surface area (Å²) in [6, 6.07) is 5.50. The van der Waals surface area contributed by atoms with Crippen LogP contribution in [0.4, 0.5) is 5.69 Å². The van der Waals surface area contributed by atoms with E-state index in [0.717, 1.165) is 0 Å². The van der Waals surface area contributed by atoms with Crippen LogP contribution in [-0.4, -0.2) is 28.5 Å². The van der Waals surface area contributed by atoms with Gasteiger partial charge >= 0.3 is 5.97 Å². The second-order valence-corrected chi connectivity index (χ2v) is 3.27. The van der Waals surface area contributed by atoms with Crippen LogP contribution in [0.3, 0.4) is 0 Å². The molecule has 7 heteroatoms. The molecule has 7 nitrogen and oxygen atoms in total. The van der Waals surface area contributed by atoms with Gasteiger partial charge in [0.15, 0.2) is 0 Å². The van der Waals surface area contributed by atoms with Gasteiger partial charge in [0.05, 0.1) is 11.3 Å². The Kier molecular flexibility index (Phi) is 4.15. The first-order valence-electron chi connectivity index (χ1n) is 4.71. The number of non-ortho nitro benzene ring substituents is 1. The Morgan fingerprint density at radius 2 is 1.88 bits per heavy atom. The van der Waals surface area contributed by atoms with Crippen molar-refractivity contribution in [2.24, 2.45) is 0 Å². The summed E-state index contributed by atoms with van der Waals surface area (Å²) >= 11 is 0. The zero-order valence-electron chi connectivity index (χ0n) is 8.75. The van der Waals surface area contributed by atoms with Gasteiger partial charge in [-0.2, -0.15) is 0 Å². The maximum absolute atomic E-state index is 11.2. The number of rotatable bonds is 5. The molecule has 0 aliphatic heterocycles. The van der Waals surface area contributed by atoms with Crippen LogP contribution in [-0.2, 0) is 16.0 Å². The number of hydrogen-bond donors (Lipinski definition) is 2. The third-order valence-corrected chi connectivity index (χ3v) is 1.95. The van der Waals surface area contributed by atoms with Crippen LogP contribution >= 0.6 is 0 Å². The summed E-state index contributed by atoms with van der Waals surface area (Å²) in [5, 5.41) is 20.9. The number of nitro benzene ring substituents is 1. The molecule has 0 atom stereocenters. The lowest BCUT2D eigenvalue weighted by molar-refractivity contribution is -0.384. The zero-order valence-corrected chi connectivity index (χ0v) is 8.75. The maximum Gasteiger partial charge on any atom is 0.322 e. The van der Waals surface area contributed by atoms with E-state index in [0.29, 0.717) is 5.56 Å². The predicted molar refractivity (Wildman–Crippen MR) is 57.4 cm³/mol. The summed E-state index contributed by atoms with van der Waals surface area (Å²) in [6.07, 6.45) is -0.00866. The molecular weight excluding hydrogens is 228 g/mol. The van der Waals surface area contributed by atoms with E-state index in [9.17, 15) is 19.7 Å². The SMILES string of the molecule is O=C(O)CNC(=O)Cc1ccc([N+](=O)[O-])cc1. The average Bonchev–Trinajstić information content (AvgIpc) is 2.27. The maximum atomic E-state index is 11.2. The third kappa shape index (κ3) is 4.29. The standard InChI is InChI=1S/C10H10N2O5/c13-9(11-6-10(14)15)5-7-1-3-8(4-2-7)12(16)17/h1-4H,5-6H2,(H,11,13)(H,14,15). The number of aliphatic carboxylic acids is 1. The number of nitro groups is 1. The third-order valence-electron chi connectivity index (χ3n) is 1.95. The molecule has 0 aliphatic rings. The molecule has 0 heterocycles. The highest BCUT2D eigenvalue weighted by molar-refractivity contribution is 5.82. The number of hydrogen-bond acceptors (Lipinski definition) is 4. The predicted octanol–water partition coefficient (Wildman–Crippen LogP) is 0.338. The van der Waals surface area contributed by atoms with E-state index < -0.39 is 23.3 Å². The van der Waals surface area contributed by atoms with Crippen molar-refractivity contribution in [1.29, 1.82) is 0 Å². The van der Waals surface area contributed by atoms with E-state index in [2.05, 4.69) is 5.32 Å². The minimum Gasteiger partial charge on any atom is -0.480 e. The van der Waals surface area contributed by atoms with Crippen LogP contribution in [0.15, 0.2) is 24.3 Å². The molecule has 1 rings (SSSR count). The molecule has 0 fully saturated rings. The summed E-state index contributed by atoms with van der Waals surface area (Å²) < 4.78 is 0. The number of benzene rings is 1. The Morgan fingerprint density at radius 1 is 1.29 bits per heavy atom. The number of carbonyl (C=O) groups is 2. The summed E-state index contributed by atoms with van der Waals surface area (Å²) in [6.45, 7) is -0.439. The average molecular weight is 238 g/mol. The summed E-state index contributed by atoms with van der Waals surface area (Å²) in [7, 11) is 0. The lowest BCUT2D eigenvalue weighted by atomic mass is 10.1. The molecule has 90 valence electrons. The Hall–Kier alpha value is -2.44. The lowest BCUT2D eigenvalue weighted by Crippen LogP contribution is -2.30. The highest BCUT2D eigenvalue weighted by Gasteiger charge is 2.07. The van der Waals surface area contributed by atoms with Gasteiger partial charge in [-0.1, -0.05) is 12.1 Å². The molecule has 1 aromatic rings. The van der Waals surface area contributed by atoms with Crippen LogP contribution in [0.25, 0.3) is 0 Å². The minimum atomic E-state index is -1.12. The van der Waals surface area contributed by atoms with Crippen molar-refractivity contribution in [3.05, 3.63) is 39.9 Å².